The van der Waals surface area contributed by atoms with Crippen molar-refractivity contribution in [3.05, 3.63) is 42.6 Å². The maximum atomic E-state index is 14.8. The van der Waals surface area contributed by atoms with E-state index in [1.54, 1.807) is 35.6 Å². The number of urea groups is 1. The Labute approximate surface area is 176 Å². The van der Waals surface area contributed by atoms with Crippen LogP contribution in [-0.2, 0) is 0 Å². The molecular formula is C22H29FN6O. The lowest BCUT2D eigenvalue weighted by atomic mass is 9.94. The number of nitrogens with zero attached hydrogens (tertiary/aromatic N) is 5. The summed E-state index contributed by atoms with van der Waals surface area (Å²) in [4.78, 5) is 26.9. The number of carbonyl (C=O) groups is 1. The Kier molecular flexibility index (Phi) is 6.30. The first-order valence-corrected chi connectivity index (χ1v) is 10.7. The highest BCUT2D eigenvalue weighted by atomic mass is 19.1. The molecule has 1 aromatic heterocycles. The Bertz CT molecular complexity index is 850. The first-order valence-electron chi connectivity index (χ1n) is 10.7. The molecule has 1 aliphatic carbocycles. The summed E-state index contributed by atoms with van der Waals surface area (Å²) in [5.74, 6) is 0.519. The summed E-state index contributed by atoms with van der Waals surface area (Å²) >= 11 is 0. The number of anilines is 3. The van der Waals surface area contributed by atoms with Crippen molar-refractivity contribution in [2.75, 3.05) is 48.3 Å². The highest BCUT2D eigenvalue weighted by Crippen LogP contribution is 2.29. The SMILES string of the molecule is CN(c1ccc(NC(=O)N2CCN(c3cnccn3)CC2)cc1F)C1CCCCC1. The van der Waals surface area contributed by atoms with Crippen LogP contribution in [0.2, 0.25) is 0 Å². The fourth-order valence-corrected chi connectivity index (χ4v) is 4.33. The fraction of sp³-hybridized carbons (Fsp3) is 0.500. The molecule has 0 atom stereocenters. The van der Waals surface area contributed by atoms with E-state index in [0.717, 1.165) is 18.7 Å². The minimum Gasteiger partial charge on any atom is -0.369 e. The van der Waals surface area contributed by atoms with Gasteiger partial charge >= 0.3 is 6.03 Å². The second kappa shape index (κ2) is 9.28. The molecule has 2 heterocycles. The van der Waals surface area contributed by atoms with E-state index in [9.17, 15) is 9.18 Å². The maximum absolute atomic E-state index is 14.8. The van der Waals surface area contributed by atoms with Gasteiger partial charge in [0.25, 0.3) is 0 Å². The number of benzene rings is 1. The fourth-order valence-electron chi connectivity index (χ4n) is 4.33. The molecule has 1 saturated carbocycles. The molecule has 8 heteroatoms. The zero-order chi connectivity index (χ0) is 20.9. The summed E-state index contributed by atoms with van der Waals surface area (Å²) in [7, 11) is 1.96. The summed E-state index contributed by atoms with van der Waals surface area (Å²) in [6.07, 6.45) is 10.9. The zero-order valence-electron chi connectivity index (χ0n) is 17.4. The molecule has 1 aliphatic heterocycles. The molecule has 0 radical (unpaired) electrons. The predicted octanol–water partition coefficient (Wildman–Crippen LogP) is 3.74. The summed E-state index contributed by atoms with van der Waals surface area (Å²) in [6.45, 7) is 2.53. The number of piperazine rings is 1. The number of carbonyl (C=O) groups excluding carboxylic acids is 1. The lowest BCUT2D eigenvalue weighted by Gasteiger charge is -2.35. The van der Waals surface area contributed by atoms with E-state index in [0.29, 0.717) is 43.6 Å². The number of hydrogen-bond acceptors (Lipinski definition) is 5. The lowest BCUT2D eigenvalue weighted by molar-refractivity contribution is 0.208. The molecule has 1 saturated heterocycles. The van der Waals surface area contributed by atoms with E-state index >= 15 is 0 Å². The van der Waals surface area contributed by atoms with Gasteiger partial charge in [0.15, 0.2) is 0 Å². The van der Waals surface area contributed by atoms with Gasteiger partial charge in [-0.15, -0.1) is 0 Å². The van der Waals surface area contributed by atoms with Crippen molar-refractivity contribution in [3.63, 3.8) is 0 Å². The molecule has 7 nitrogen and oxygen atoms in total. The Hall–Kier alpha value is -2.90. The van der Waals surface area contributed by atoms with E-state index in [1.807, 2.05) is 11.9 Å². The van der Waals surface area contributed by atoms with E-state index in [1.165, 1.54) is 25.3 Å². The molecule has 160 valence electrons. The minimum atomic E-state index is -0.298. The van der Waals surface area contributed by atoms with Crippen molar-refractivity contribution in [1.82, 2.24) is 14.9 Å². The second-order valence-electron chi connectivity index (χ2n) is 8.04. The molecule has 2 amide bonds. The Morgan fingerprint density at radius 2 is 1.90 bits per heavy atom. The van der Waals surface area contributed by atoms with E-state index in [4.69, 9.17) is 0 Å². The van der Waals surface area contributed by atoms with Crippen molar-refractivity contribution in [1.29, 1.82) is 0 Å². The molecule has 30 heavy (non-hydrogen) atoms. The average molecular weight is 413 g/mol. The van der Waals surface area contributed by atoms with Crippen molar-refractivity contribution in [2.24, 2.45) is 0 Å². The highest BCUT2D eigenvalue weighted by Gasteiger charge is 2.23. The second-order valence-corrected chi connectivity index (χ2v) is 8.04. The molecule has 2 aromatic rings. The van der Waals surface area contributed by atoms with Crippen LogP contribution in [0.4, 0.5) is 26.4 Å². The number of rotatable bonds is 4. The standard InChI is InChI=1S/C22H29FN6O/c1-27(18-5-3-2-4-6-18)20-8-7-17(15-19(20)23)26-22(30)29-13-11-28(12-14-29)21-16-24-9-10-25-21/h7-10,15-16,18H,2-6,11-14H2,1H3,(H,26,30). The van der Waals surface area contributed by atoms with Crippen molar-refractivity contribution in [2.45, 2.75) is 38.1 Å². The Balaban J connectivity index is 1.33. The van der Waals surface area contributed by atoms with Gasteiger partial charge in [0, 0.05) is 57.3 Å². The van der Waals surface area contributed by atoms with Crippen LogP contribution in [0.5, 0.6) is 0 Å². The van der Waals surface area contributed by atoms with Gasteiger partial charge in [-0.1, -0.05) is 19.3 Å². The van der Waals surface area contributed by atoms with Gasteiger partial charge in [-0.3, -0.25) is 4.98 Å². The van der Waals surface area contributed by atoms with Gasteiger partial charge in [-0.2, -0.15) is 0 Å². The molecule has 0 spiro atoms. The van der Waals surface area contributed by atoms with Crippen LogP contribution >= 0.6 is 0 Å². The summed E-state index contributed by atoms with van der Waals surface area (Å²) in [5, 5.41) is 2.83. The topological polar surface area (TPSA) is 64.6 Å². The van der Waals surface area contributed by atoms with Crippen molar-refractivity contribution < 1.29 is 9.18 Å². The third kappa shape index (κ3) is 4.63. The van der Waals surface area contributed by atoms with Gasteiger partial charge in [0.05, 0.1) is 11.9 Å². The smallest absolute Gasteiger partial charge is 0.321 e. The number of nitrogens with one attached hydrogen (secondary N) is 1. The number of amides is 2. The van der Waals surface area contributed by atoms with Crippen LogP contribution in [0, 0.1) is 5.82 Å². The highest BCUT2D eigenvalue weighted by molar-refractivity contribution is 5.89. The van der Waals surface area contributed by atoms with Crippen molar-refractivity contribution >= 4 is 23.2 Å². The molecular weight excluding hydrogens is 383 g/mol. The van der Waals surface area contributed by atoms with Gasteiger partial charge in [0.1, 0.15) is 11.6 Å². The number of halogens is 1. The normalized spacial score (nSPS) is 17.7. The van der Waals surface area contributed by atoms with E-state index in [-0.39, 0.29) is 11.8 Å². The average Bonchev–Trinajstić information content (AvgIpc) is 2.80. The quantitative estimate of drug-likeness (QED) is 0.829. The van der Waals surface area contributed by atoms with Gasteiger partial charge < -0.3 is 20.0 Å². The summed E-state index contributed by atoms with van der Waals surface area (Å²) in [6, 6.07) is 5.15. The first kappa shape index (κ1) is 20.4. The lowest BCUT2D eigenvalue weighted by Crippen LogP contribution is -2.50. The largest absolute Gasteiger partial charge is 0.369 e. The van der Waals surface area contributed by atoms with Gasteiger partial charge in [-0.05, 0) is 31.0 Å². The third-order valence-electron chi connectivity index (χ3n) is 6.14. The van der Waals surface area contributed by atoms with Crippen LogP contribution in [-0.4, -0.2) is 60.2 Å². The molecule has 1 aromatic carbocycles. The first-order chi connectivity index (χ1) is 14.6. The van der Waals surface area contributed by atoms with Crippen molar-refractivity contribution in [3.8, 4) is 0 Å². The predicted molar refractivity (Wildman–Crippen MR) is 117 cm³/mol. The zero-order valence-corrected chi connectivity index (χ0v) is 17.4. The molecule has 2 aliphatic rings. The molecule has 4 rings (SSSR count). The summed E-state index contributed by atoms with van der Waals surface area (Å²) < 4.78 is 14.8. The molecule has 2 fully saturated rings. The Morgan fingerprint density at radius 1 is 1.13 bits per heavy atom. The molecule has 1 N–H and O–H groups in total. The van der Waals surface area contributed by atoms with Crippen LogP contribution in [0.25, 0.3) is 0 Å². The van der Waals surface area contributed by atoms with Crippen LogP contribution in [0.1, 0.15) is 32.1 Å². The summed E-state index contributed by atoms with van der Waals surface area (Å²) in [5.41, 5.74) is 1.08. The van der Waals surface area contributed by atoms with E-state index < -0.39 is 0 Å². The van der Waals surface area contributed by atoms with Crippen LogP contribution in [0.3, 0.4) is 0 Å². The molecule has 0 bridgehead atoms. The van der Waals surface area contributed by atoms with Gasteiger partial charge in [0.2, 0.25) is 0 Å². The van der Waals surface area contributed by atoms with E-state index in [2.05, 4.69) is 20.2 Å². The Morgan fingerprint density at radius 3 is 2.57 bits per heavy atom. The van der Waals surface area contributed by atoms with Gasteiger partial charge in [-0.25, -0.2) is 14.2 Å². The van der Waals surface area contributed by atoms with Crippen LogP contribution < -0.4 is 15.1 Å². The maximum Gasteiger partial charge on any atom is 0.321 e. The van der Waals surface area contributed by atoms with Crippen LogP contribution in [0.15, 0.2) is 36.8 Å². The molecule has 0 unspecified atom stereocenters. The number of hydrogen-bond donors (Lipinski definition) is 1. The third-order valence-corrected chi connectivity index (χ3v) is 6.14. The number of aromatic nitrogens is 2. The minimum absolute atomic E-state index is 0.207. The monoisotopic (exact) mass is 412 g/mol.